The van der Waals surface area contributed by atoms with Gasteiger partial charge in [-0.05, 0) is 38.0 Å². The molecule has 96 valence electrons. The maximum Gasteiger partial charge on any atom is 0.207 e. The van der Waals surface area contributed by atoms with Crippen molar-refractivity contribution in [1.82, 2.24) is 9.55 Å². The third-order valence-corrected chi connectivity index (χ3v) is 3.02. The lowest BCUT2D eigenvalue weighted by atomic mass is 10.2. The van der Waals surface area contributed by atoms with Crippen molar-refractivity contribution in [3.63, 3.8) is 0 Å². The van der Waals surface area contributed by atoms with Gasteiger partial charge in [0.05, 0.1) is 16.4 Å². The van der Waals surface area contributed by atoms with Gasteiger partial charge in [-0.15, -0.1) is 0 Å². The highest BCUT2D eigenvalue weighted by Gasteiger charge is 2.09. The summed E-state index contributed by atoms with van der Waals surface area (Å²) in [5.41, 5.74) is 3.09. The number of nitrogens with zero attached hydrogens (tertiary/aromatic N) is 2. The molecule has 0 aliphatic heterocycles. The predicted octanol–water partition coefficient (Wildman–Crippen LogP) is 3.96. The van der Waals surface area contributed by atoms with Crippen LogP contribution >= 0.6 is 11.6 Å². The van der Waals surface area contributed by atoms with Crippen LogP contribution in [-0.4, -0.2) is 16.1 Å². The van der Waals surface area contributed by atoms with Gasteiger partial charge in [-0.3, -0.25) is 4.57 Å². The molecule has 1 N–H and O–H groups in total. The van der Waals surface area contributed by atoms with Crippen molar-refractivity contribution in [1.29, 1.82) is 0 Å². The van der Waals surface area contributed by atoms with Crippen molar-refractivity contribution in [2.75, 3.05) is 11.9 Å². The zero-order valence-electron chi connectivity index (χ0n) is 11.0. The van der Waals surface area contributed by atoms with Crippen LogP contribution in [0.2, 0.25) is 5.02 Å². The van der Waals surface area contributed by atoms with Crippen LogP contribution in [0.1, 0.15) is 24.6 Å². The van der Waals surface area contributed by atoms with Gasteiger partial charge < -0.3 is 5.32 Å². The Morgan fingerprint density at radius 2 is 2.11 bits per heavy atom. The lowest BCUT2D eigenvalue weighted by molar-refractivity contribution is 0.936. The van der Waals surface area contributed by atoms with E-state index in [0.717, 1.165) is 40.9 Å². The third-order valence-electron chi connectivity index (χ3n) is 2.72. The number of hydrogen-bond donors (Lipinski definition) is 1. The van der Waals surface area contributed by atoms with Crippen LogP contribution in [-0.2, 0) is 0 Å². The van der Waals surface area contributed by atoms with Gasteiger partial charge in [0.25, 0.3) is 0 Å². The predicted molar refractivity (Wildman–Crippen MR) is 76.8 cm³/mol. The van der Waals surface area contributed by atoms with Gasteiger partial charge in [0.15, 0.2) is 0 Å². The molecule has 0 saturated heterocycles. The molecule has 0 unspecified atom stereocenters. The third kappa shape index (κ3) is 2.67. The molecular formula is C14H18ClN3. The molecule has 3 nitrogen and oxygen atoms in total. The van der Waals surface area contributed by atoms with E-state index in [9.17, 15) is 0 Å². The summed E-state index contributed by atoms with van der Waals surface area (Å²) < 4.78 is 2.01. The summed E-state index contributed by atoms with van der Waals surface area (Å²) in [6.07, 6.45) is 3.06. The first-order chi connectivity index (χ1) is 8.61. The van der Waals surface area contributed by atoms with Crippen molar-refractivity contribution in [3.05, 3.63) is 40.7 Å². The minimum Gasteiger partial charge on any atom is -0.355 e. The molecular weight excluding hydrogens is 246 g/mol. The van der Waals surface area contributed by atoms with E-state index in [-0.39, 0.29) is 0 Å². The average molecular weight is 264 g/mol. The molecule has 18 heavy (non-hydrogen) atoms. The minimum absolute atomic E-state index is 0.743. The molecule has 0 amide bonds. The van der Waals surface area contributed by atoms with Crippen LogP contribution in [0.5, 0.6) is 0 Å². The smallest absolute Gasteiger partial charge is 0.207 e. The Bertz CT molecular complexity index is 546. The highest BCUT2D eigenvalue weighted by atomic mass is 35.5. The standard InChI is InChI=1S/C14H18ClN3/c1-4-7-16-14-17-11(3)9-18(14)13-6-5-10(2)8-12(13)15/h5-6,8-9H,4,7H2,1-3H3,(H,16,17). The van der Waals surface area contributed by atoms with Gasteiger partial charge in [-0.1, -0.05) is 24.6 Å². The highest BCUT2D eigenvalue weighted by Crippen LogP contribution is 2.25. The van der Waals surface area contributed by atoms with E-state index < -0.39 is 0 Å². The van der Waals surface area contributed by atoms with Gasteiger partial charge in [0.1, 0.15) is 0 Å². The van der Waals surface area contributed by atoms with Gasteiger partial charge in [-0.2, -0.15) is 0 Å². The molecule has 4 heteroatoms. The second-order valence-electron chi connectivity index (χ2n) is 4.46. The summed E-state index contributed by atoms with van der Waals surface area (Å²) in [6, 6.07) is 6.05. The zero-order valence-corrected chi connectivity index (χ0v) is 11.8. The molecule has 0 bridgehead atoms. The quantitative estimate of drug-likeness (QED) is 0.905. The number of halogens is 1. The van der Waals surface area contributed by atoms with Crippen LogP contribution in [0.25, 0.3) is 5.69 Å². The summed E-state index contributed by atoms with van der Waals surface area (Å²) in [4.78, 5) is 4.48. The normalized spacial score (nSPS) is 10.7. The van der Waals surface area contributed by atoms with E-state index in [1.165, 1.54) is 0 Å². The average Bonchev–Trinajstić information content (AvgIpc) is 2.67. The molecule has 2 aromatic rings. The first-order valence-corrected chi connectivity index (χ1v) is 6.56. The number of rotatable bonds is 4. The zero-order chi connectivity index (χ0) is 13.1. The molecule has 0 radical (unpaired) electrons. The number of benzene rings is 1. The summed E-state index contributed by atoms with van der Waals surface area (Å²) >= 11 is 6.30. The van der Waals surface area contributed by atoms with Gasteiger partial charge in [-0.25, -0.2) is 4.98 Å². The summed E-state index contributed by atoms with van der Waals surface area (Å²) in [7, 11) is 0. The first-order valence-electron chi connectivity index (χ1n) is 6.18. The number of hydrogen-bond acceptors (Lipinski definition) is 2. The molecule has 0 atom stereocenters. The Balaban J connectivity index is 2.42. The SMILES string of the molecule is CCCNc1nc(C)cn1-c1ccc(C)cc1Cl. The molecule has 1 aromatic heterocycles. The molecule has 0 saturated carbocycles. The number of aromatic nitrogens is 2. The Morgan fingerprint density at radius 3 is 2.78 bits per heavy atom. The lowest BCUT2D eigenvalue weighted by Crippen LogP contribution is -2.07. The Kier molecular flexibility index (Phi) is 3.92. The van der Waals surface area contributed by atoms with Crippen molar-refractivity contribution >= 4 is 17.5 Å². The molecule has 0 aliphatic carbocycles. The van der Waals surface area contributed by atoms with Gasteiger partial charge in [0.2, 0.25) is 5.95 Å². The number of anilines is 1. The van der Waals surface area contributed by atoms with E-state index in [2.05, 4.69) is 23.3 Å². The molecule has 1 aromatic carbocycles. The number of imidazole rings is 1. The summed E-state index contributed by atoms with van der Waals surface area (Å²) in [6.45, 7) is 7.05. The van der Waals surface area contributed by atoms with Crippen molar-refractivity contribution < 1.29 is 0 Å². The first kappa shape index (κ1) is 13.0. The maximum atomic E-state index is 6.30. The summed E-state index contributed by atoms with van der Waals surface area (Å²) in [5.74, 6) is 0.847. The fourth-order valence-corrected chi connectivity index (χ4v) is 2.18. The minimum atomic E-state index is 0.743. The monoisotopic (exact) mass is 263 g/mol. The van der Waals surface area contributed by atoms with E-state index in [1.807, 2.05) is 36.7 Å². The van der Waals surface area contributed by atoms with Crippen LogP contribution in [0.3, 0.4) is 0 Å². The Hall–Kier alpha value is -1.48. The van der Waals surface area contributed by atoms with E-state index in [4.69, 9.17) is 11.6 Å². The topological polar surface area (TPSA) is 29.9 Å². The molecule has 0 spiro atoms. The summed E-state index contributed by atoms with van der Waals surface area (Å²) in [5, 5.41) is 4.06. The Morgan fingerprint density at radius 1 is 1.33 bits per heavy atom. The fraction of sp³-hybridized carbons (Fsp3) is 0.357. The van der Waals surface area contributed by atoms with Crippen molar-refractivity contribution in [2.24, 2.45) is 0 Å². The fourth-order valence-electron chi connectivity index (χ4n) is 1.85. The maximum absolute atomic E-state index is 6.30. The second kappa shape index (κ2) is 5.44. The number of aryl methyl sites for hydroxylation is 2. The van der Waals surface area contributed by atoms with Gasteiger partial charge in [0, 0.05) is 12.7 Å². The van der Waals surface area contributed by atoms with Crippen LogP contribution < -0.4 is 5.32 Å². The lowest BCUT2D eigenvalue weighted by Gasteiger charge is -2.11. The van der Waals surface area contributed by atoms with Crippen LogP contribution in [0, 0.1) is 13.8 Å². The van der Waals surface area contributed by atoms with E-state index in [1.54, 1.807) is 0 Å². The van der Waals surface area contributed by atoms with Crippen LogP contribution in [0.4, 0.5) is 5.95 Å². The van der Waals surface area contributed by atoms with Crippen LogP contribution in [0.15, 0.2) is 24.4 Å². The van der Waals surface area contributed by atoms with Crippen molar-refractivity contribution in [2.45, 2.75) is 27.2 Å². The highest BCUT2D eigenvalue weighted by molar-refractivity contribution is 6.32. The largest absolute Gasteiger partial charge is 0.355 e. The molecule has 2 rings (SSSR count). The van der Waals surface area contributed by atoms with E-state index in [0.29, 0.717) is 0 Å². The molecule has 0 fully saturated rings. The molecule has 0 aliphatic rings. The number of nitrogens with one attached hydrogen (secondary N) is 1. The van der Waals surface area contributed by atoms with Gasteiger partial charge >= 0.3 is 0 Å². The van der Waals surface area contributed by atoms with E-state index >= 15 is 0 Å². The second-order valence-corrected chi connectivity index (χ2v) is 4.86. The van der Waals surface area contributed by atoms with Crippen molar-refractivity contribution in [3.8, 4) is 5.69 Å². The Labute approximate surface area is 113 Å². The molecule has 1 heterocycles.